The molecule has 0 saturated heterocycles. The van der Waals surface area contributed by atoms with Crippen molar-refractivity contribution in [2.24, 2.45) is 17.8 Å². The number of hydrogen-bond donors (Lipinski definition) is 3. The number of carbonyl (C=O) groups excluding carboxylic acids is 1. The Hall–Kier alpha value is -2.63. The van der Waals surface area contributed by atoms with Gasteiger partial charge in [-0.3, -0.25) is 10.1 Å². The summed E-state index contributed by atoms with van der Waals surface area (Å²) in [5.74, 6) is -4.18. The van der Waals surface area contributed by atoms with Crippen LogP contribution in [0.1, 0.15) is 43.3 Å². The lowest BCUT2D eigenvalue weighted by atomic mass is 9.91. The molecule has 1 aromatic heterocycles. The lowest BCUT2D eigenvalue weighted by Crippen LogP contribution is -2.54. The molecule has 232 valence electrons. The van der Waals surface area contributed by atoms with Gasteiger partial charge >= 0.3 is 6.18 Å². The first-order chi connectivity index (χ1) is 19.9. The van der Waals surface area contributed by atoms with E-state index in [1.54, 1.807) is 12.1 Å². The normalized spacial score (nSPS) is 23.1. The summed E-state index contributed by atoms with van der Waals surface area (Å²) in [6, 6.07) is 2.97. The first kappa shape index (κ1) is 33.3. The van der Waals surface area contributed by atoms with Crippen molar-refractivity contribution in [3.63, 3.8) is 0 Å². The second kappa shape index (κ2) is 12.4. The van der Waals surface area contributed by atoms with Crippen molar-refractivity contribution in [2.45, 2.75) is 55.6 Å². The van der Waals surface area contributed by atoms with Crippen LogP contribution in [0.2, 0.25) is 0 Å². The largest absolute Gasteiger partial charge is 0.429 e. The zero-order chi connectivity index (χ0) is 31.9. The van der Waals surface area contributed by atoms with Gasteiger partial charge in [-0.1, -0.05) is 5.92 Å². The molecule has 0 spiro atoms. The molecule has 2 aliphatic rings. The van der Waals surface area contributed by atoms with Crippen LogP contribution in [-0.4, -0.2) is 52.3 Å². The molecule has 2 aliphatic carbocycles. The molecule has 2 fully saturated rings. The van der Waals surface area contributed by atoms with Crippen LogP contribution in [-0.2, 0) is 11.2 Å². The van der Waals surface area contributed by atoms with Crippen LogP contribution in [0.5, 0.6) is 0 Å². The van der Waals surface area contributed by atoms with E-state index in [4.69, 9.17) is 5.41 Å². The number of carbonyl (C=O) groups is 1. The molecular weight excluding hydrogens is 665 g/mol. The maximum atomic E-state index is 14.9. The summed E-state index contributed by atoms with van der Waals surface area (Å²) in [5, 5.41) is 12.4. The van der Waals surface area contributed by atoms with Crippen molar-refractivity contribution < 1.29 is 35.5 Å². The van der Waals surface area contributed by atoms with Crippen LogP contribution < -0.4 is 10.6 Å². The average molecular weight is 694 g/mol. The third kappa shape index (κ3) is 7.72. The molecule has 3 N–H and O–H groups in total. The summed E-state index contributed by atoms with van der Waals surface area (Å²) in [4.78, 5) is 17.6. The zero-order valence-corrected chi connectivity index (χ0v) is 25.6. The summed E-state index contributed by atoms with van der Waals surface area (Å²) in [5.41, 5.74) is -1.03. The SMILES string of the molecule is CSC(C)(C)C#Cc1ccc(Br)c(C(Cc2cc(F)cc(F)c2)NC(=O)CNC2C(C(=N)C(F)(F)F)C3CC3C2(F)F)n1. The standard InChI is InChI=1S/C29H28BrF7N4OS/c1-27(2,43-3)7-6-17-4-5-20(30)24(40-17)21(10-14-8-15(31)11-16(32)9-14)41-22(42)13-39-26-23(25(38)29(35,36)37)18-12-19(18)28(26,33)34/h4-5,8-9,11,18-19,21,23,26,38-39H,10,12-13H2,1-3H3,(H,41,42). The molecule has 5 atom stereocenters. The number of halogens is 8. The Labute approximate surface area is 256 Å². The molecule has 2 saturated carbocycles. The fourth-order valence-electron chi connectivity index (χ4n) is 5.27. The number of nitrogens with one attached hydrogen (secondary N) is 3. The summed E-state index contributed by atoms with van der Waals surface area (Å²) >= 11 is 4.89. The number of alkyl halides is 5. The van der Waals surface area contributed by atoms with Crippen LogP contribution in [0.25, 0.3) is 0 Å². The predicted octanol–water partition coefficient (Wildman–Crippen LogP) is 6.46. The Balaban J connectivity index is 1.59. The highest BCUT2D eigenvalue weighted by Gasteiger charge is 2.73. The van der Waals surface area contributed by atoms with Crippen LogP contribution in [0.3, 0.4) is 0 Å². The van der Waals surface area contributed by atoms with Gasteiger partial charge in [0, 0.05) is 22.4 Å². The lowest BCUT2D eigenvalue weighted by molar-refractivity contribution is -0.121. The van der Waals surface area contributed by atoms with Gasteiger partial charge in [0.1, 0.15) is 23.0 Å². The minimum Gasteiger partial charge on any atom is -0.346 e. The molecule has 5 unspecified atom stereocenters. The molecule has 43 heavy (non-hydrogen) atoms. The molecule has 5 nitrogen and oxygen atoms in total. The highest BCUT2D eigenvalue weighted by atomic mass is 79.9. The number of aromatic nitrogens is 1. The van der Waals surface area contributed by atoms with E-state index in [1.165, 1.54) is 11.8 Å². The smallest absolute Gasteiger partial charge is 0.346 e. The summed E-state index contributed by atoms with van der Waals surface area (Å²) < 4.78 is 97.7. The Morgan fingerprint density at radius 3 is 2.47 bits per heavy atom. The highest BCUT2D eigenvalue weighted by molar-refractivity contribution is 9.10. The Morgan fingerprint density at radius 1 is 1.21 bits per heavy atom. The van der Waals surface area contributed by atoms with Gasteiger partial charge in [0.05, 0.1) is 29.1 Å². The van der Waals surface area contributed by atoms with E-state index < -0.39 is 76.5 Å². The van der Waals surface area contributed by atoms with Crippen molar-refractivity contribution in [3.8, 4) is 11.8 Å². The Morgan fingerprint density at radius 2 is 1.86 bits per heavy atom. The van der Waals surface area contributed by atoms with Gasteiger partial charge in [-0.05, 0) is 90.5 Å². The average Bonchev–Trinajstić information content (AvgIpc) is 3.66. The summed E-state index contributed by atoms with van der Waals surface area (Å²) in [6.07, 6.45) is -3.47. The van der Waals surface area contributed by atoms with Crippen molar-refractivity contribution in [2.75, 3.05) is 12.8 Å². The van der Waals surface area contributed by atoms with Crippen LogP contribution in [0.4, 0.5) is 30.7 Å². The molecule has 2 aromatic rings. The van der Waals surface area contributed by atoms with E-state index >= 15 is 0 Å². The number of rotatable bonds is 9. The molecule has 1 aromatic carbocycles. The molecule has 1 heterocycles. The van der Waals surface area contributed by atoms with E-state index in [9.17, 15) is 35.5 Å². The van der Waals surface area contributed by atoms with E-state index in [2.05, 4.69) is 43.4 Å². The van der Waals surface area contributed by atoms with Crippen molar-refractivity contribution in [3.05, 3.63) is 63.4 Å². The number of hydrogen-bond acceptors (Lipinski definition) is 5. The number of pyridine rings is 1. The van der Waals surface area contributed by atoms with Crippen LogP contribution in [0.15, 0.2) is 34.8 Å². The van der Waals surface area contributed by atoms with Gasteiger partial charge in [0.15, 0.2) is 0 Å². The maximum Gasteiger partial charge on any atom is 0.429 e. The first-order valence-corrected chi connectivity index (χ1v) is 15.2. The van der Waals surface area contributed by atoms with E-state index in [0.29, 0.717) is 16.2 Å². The number of amides is 1. The number of benzene rings is 1. The third-order valence-electron chi connectivity index (χ3n) is 7.59. The predicted molar refractivity (Wildman–Crippen MR) is 153 cm³/mol. The fourth-order valence-corrected chi connectivity index (χ4v) is 5.92. The third-order valence-corrected chi connectivity index (χ3v) is 9.39. The minimum absolute atomic E-state index is 0.125. The van der Waals surface area contributed by atoms with E-state index in [1.807, 2.05) is 20.1 Å². The lowest BCUT2D eigenvalue weighted by Gasteiger charge is -2.30. The maximum absolute atomic E-state index is 14.9. The zero-order valence-electron chi connectivity index (χ0n) is 23.2. The summed E-state index contributed by atoms with van der Waals surface area (Å²) in [6.45, 7) is 3.03. The first-order valence-electron chi connectivity index (χ1n) is 13.2. The number of nitrogens with zero attached hydrogens (tertiary/aromatic N) is 1. The minimum atomic E-state index is -5.08. The van der Waals surface area contributed by atoms with Gasteiger partial charge in [-0.15, -0.1) is 11.8 Å². The Bertz CT molecular complexity index is 1450. The quantitative estimate of drug-likeness (QED) is 0.160. The van der Waals surface area contributed by atoms with Gasteiger partial charge in [-0.25, -0.2) is 22.5 Å². The molecule has 4 rings (SSSR count). The monoisotopic (exact) mass is 692 g/mol. The second-order valence-electron chi connectivity index (χ2n) is 11.1. The number of thioether (sulfide) groups is 1. The molecular formula is C29H28BrF7N4OS. The Kier molecular flexibility index (Phi) is 9.59. The number of fused-ring (bicyclic) bond motifs is 1. The summed E-state index contributed by atoms with van der Waals surface area (Å²) in [7, 11) is 0. The van der Waals surface area contributed by atoms with Crippen LogP contribution >= 0.6 is 27.7 Å². The molecule has 14 heteroatoms. The molecule has 0 aliphatic heterocycles. The van der Waals surface area contributed by atoms with Crippen molar-refractivity contribution >= 4 is 39.3 Å². The van der Waals surface area contributed by atoms with E-state index in [-0.39, 0.29) is 24.1 Å². The van der Waals surface area contributed by atoms with Crippen LogP contribution in [0, 0.1) is 46.6 Å². The molecule has 0 radical (unpaired) electrons. The van der Waals surface area contributed by atoms with Gasteiger partial charge < -0.3 is 10.7 Å². The van der Waals surface area contributed by atoms with E-state index in [0.717, 1.165) is 12.1 Å². The van der Waals surface area contributed by atoms with Gasteiger partial charge in [0.2, 0.25) is 5.91 Å². The topological polar surface area (TPSA) is 77.9 Å². The molecule has 1 amide bonds. The van der Waals surface area contributed by atoms with Crippen molar-refractivity contribution in [1.29, 1.82) is 5.41 Å². The second-order valence-corrected chi connectivity index (χ2v) is 13.4. The molecule has 0 bridgehead atoms. The van der Waals surface area contributed by atoms with Crippen molar-refractivity contribution in [1.82, 2.24) is 15.6 Å². The van der Waals surface area contributed by atoms with Gasteiger partial charge in [0.25, 0.3) is 5.92 Å². The fraction of sp³-hybridized carbons (Fsp3) is 0.483. The highest BCUT2D eigenvalue weighted by Crippen LogP contribution is 2.63. The van der Waals surface area contributed by atoms with Gasteiger partial charge in [-0.2, -0.15) is 13.2 Å².